The number of rotatable bonds is 10. The molecular weight excluding hydrogens is 801 g/mol. The number of halogens is 2. The number of carbonyl (C=O) groups excluding carboxylic acids is 3. The summed E-state index contributed by atoms with van der Waals surface area (Å²) in [5.74, 6) is 6.53. The van der Waals surface area contributed by atoms with Crippen LogP contribution in [0.1, 0.15) is 97.2 Å². The molecule has 1 aliphatic carbocycles. The fourth-order valence-electron chi connectivity index (χ4n) is 9.87. The average molecular weight is 850 g/mol. The number of hydrogen-bond donors (Lipinski definition) is 2. The van der Waals surface area contributed by atoms with Crippen molar-refractivity contribution in [3.63, 3.8) is 0 Å². The fourth-order valence-corrected chi connectivity index (χ4v) is 9.87. The van der Waals surface area contributed by atoms with E-state index < -0.39 is 24.1 Å². The second-order valence-corrected chi connectivity index (χ2v) is 17.6. The van der Waals surface area contributed by atoms with Crippen molar-refractivity contribution in [3.8, 4) is 11.8 Å². The van der Waals surface area contributed by atoms with Gasteiger partial charge in [0.15, 0.2) is 11.3 Å². The second kappa shape index (κ2) is 16.5. The highest BCUT2D eigenvalue weighted by atomic mass is 19.3. The molecular formula is C44H49F2N11O5. The molecule has 3 amide bonds. The molecule has 0 bridgehead atoms. The Hall–Kier alpha value is -5.77. The number of nitrogens with zero attached hydrogens (tertiary/aromatic N) is 9. The predicted molar refractivity (Wildman–Crippen MR) is 223 cm³/mol. The van der Waals surface area contributed by atoms with Crippen LogP contribution in [0.5, 0.6) is 0 Å². The minimum Gasteiger partial charge on any atom is -0.380 e. The highest BCUT2D eigenvalue weighted by Gasteiger charge is 2.49. The van der Waals surface area contributed by atoms with Crippen molar-refractivity contribution in [2.75, 3.05) is 62.8 Å². The van der Waals surface area contributed by atoms with E-state index >= 15 is 0 Å². The van der Waals surface area contributed by atoms with Crippen LogP contribution >= 0.6 is 0 Å². The highest BCUT2D eigenvalue weighted by molar-refractivity contribution is 6.08. The van der Waals surface area contributed by atoms with Crippen LogP contribution in [0.4, 0.5) is 20.3 Å². The van der Waals surface area contributed by atoms with Gasteiger partial charge in [0.2, 0.25) is 5.91 Å². The molecule has 1 aromatic carbocycles. The molecule has 4 aromatic heterocycles. The van der Waals surface area contributed by atoms with E-state index in [9.17, 15) is 23.2 Å². The van der Waals surface area contributed by atoms with Gasteiger partial charge in [0.25, 0.3) is 18.2 Å². The molecule has 1 atom stereocenters. The van der Waals surface area contributed by atoms with Crippen LogP contribution in [-0.4, -0.2) is 115 Å². The van der Waals surface area contributed by atoms with Crippen molar-refractivity contribution >= 4 is 45.8 Å². The molecule has 1 spiro atoms. The number of hydrogen-bond acceptors (Lipinski definition) is 11. The SMILES string of the molecule is Cc1nn(C2CCC(=O)NC2=O)c2cccc(C#CCOC3CCN(CC4CCC(n5cc(NC(=O)c6cnn7ccc(N8CC9(COC9)C8)nc67)c(C(F)F)n5)CC4)CC3)c12. The quantitative estimate of drug-likeness (QED) is 0.146. The van der Waals surface area contributed by atoms with E-state index in [1.165, 1.54) is 10.7 Å². The van der Waals surface area contributed by atoms with Gasteiger partial charge in [-0.2, -0.15) is 15.3 Å². The lowest BCUT2D eigenvalue weighted by Crippen LogP contribution is -2.66. The first-order valence-electron chi connectivity index (χ1n) is 21.6. The highest BCUT2D eigenvalue weighted by Crippen LogP contribution is 2.40. The van der Waals surface area contributed by atoms with Crippen molar-refractivity contribution in [3.05, 3.63) is 65.4 Å². The Morgan fingerprint density at radius 3 is 2.61 bits per heavy atom. The van der Waals surface area contributed by atoms with Gasteiger partial charge >= 0.3 is 0 Å². The van der Waals surface area contributed by atoms with Crippen LogP contribution < -0.4 is 15.5 Å². The first kappa shape index (κ1) is 40.3. The van der Waals surface area contributed by atoms with E-state index in [1.807, 2.05) is 31.2 Å². The summed E-state index contributed by atoms with van der Waals surface area (Å²) in [6.45, 7) is 8.25. The van der Waals surface area contributed by atoms with E-state index in [-0.39, 0.29) is 47.0 Å². The Bertz CT molecular complexity index is 2580. The van der Waals surface area contributed by atoms with Crippen molar-refractivity contribution in [1.82, 2.24) is 44.4 Å². The van der Waals surface area contributed by atoms with Crippen LogP contribution in [0, 0.1) is 30.1 Å². The standard InChI is InChI=1S/C44H49F2N11O5/c1-27-38-29(4-2-6-34(38)57(51-27)35-11-12-37(58)50-43(35)60)5-3-19-62-31-13-16-53(17-14-31)21-28-7-9-30(10-8-28)56-22-33(39(52-56)40(45)46)48-42(59)32-20-47-55-18-15-36(49-41(32)55)54-23-44(24-54)25-61-26-44/h2,4,6,15,18,20,22,28,30-31,35,40H,7-14,16-17,19,21,23-26H2,1H3,(H,48,59)(H,50,58,60). The van der Waals surface area contributed by atoms with Gasteiger partial charge in [-0.05, 0) is 76.0 Å². The largest absolute Gasteiger partial charge is 0.380 e. The Labute approximate surface area is 356 Å². The number of aromatic nitrogens is 7. The number of nitrogens with one attached hydrogen (secondary N) is 2. The third kappa shape index (κ3) is 7.81. The number of likely N-dealkylation sites (tertiary alicyclic amines) is 1. The number of aryl methyl sites for hydroxylation is 1. The number of anilines is 2. The number of piperidine rings is 2. The molecule has 4 aliphatic heterocycles. The lowest BCUT2D eigenvalue weighted by atomic mass is 9.78. The van der Waals surface area contributed by atoms with E-state index in [1.54, 1.807) is 21.8 Å². The summed E-state index contributed by atoms with van der Waals surface area (Å²) in [6.07, 6.45) is 8.07. The molecule has 0 radical (unpaired) electrons. The minimum absolute atomic E-state index is 0.000126. The van der Waals surface area contributed by atoms with Crippen molar-refractivity contribution in [2.45, 2.75) is 82.9 Å². The molecule has 10 rings (SSSR count). The van der Waals surface area contributed by atoms with Crippen LogP contribution in [0.25, 0.3) is 16.6 Å². The van der Waals surface area contributed by atoms with Crippen molar-refractivity contribution in [1.29, 1.82) is 0 Å². The number of carbonyl (C=O) groups is 3. The summed E-state index contributed by atoms with van der Waals surface area (Å²) in [7, 11) is 0. The van der Waals surface area contributed by atoms with Gasteiger partial charge in [-0.25, -0.2) is 18.3 Å². The zero-order chi connectivity index (χ0) is 42.5. The summed E-state index contributed by atoms with van der Waals surface area (Å²) < 4.78 is 45.0. The molecule has 62 heavy (non-hydrogen) atoms. The summed E-state index contributed by atoms with van der Waals surface area (Å²) in [5.41, 5.74) is 2.74. The first-order valence-corrected chi connectivity index (χ1v) is 21.6. The lowest BCUT2D eigenvalue weighted by molar-refractivity contribution is -0.135. The first-order chi connectivity index (χ1) is 30.1. The third-order valence-corrected chi connectivity index (χ3v) is 13.3. The van der Waals surface area contributed by atoms with Crippen molar-refractivity contribution in [2.24, 2.45) is 11.3 Å². The van der Waals surface area contributed by atoms with Gasteiger partial charge in [0.05, 0.1) is 53.9 Å². The smallest absolute Gasteiger partial charge is 0.284 e. The molecule has 5 fully saturated rings. The molecule has 16 nitrogen and oxygen atoms in total. The normalized spacial score (nSPS) is 23.0. The Morgan fingerprint density at radius 1 is 1.06 bits per heavy atom. The number of imide groups is 1. The maximum Gasteiger partial charge on any atom is 0.284 e. The van der Waals surface area contributed by atoms with Gasteiger partial charge < -0.3 is 24.6 Å². The molecule has 2 N–H and O–H groups in total. The van der Waals surface area contributed by atoms with Crippen molar-refractivity contribution < 1.29 is 32.6 Å². The minimum atomic E-state index is -2.85. The molecule has 5 aromatic rings. The van der Waals surface area contributed by atoms with Crippen LogP contribution in [-0.2, 0) is 19.1 Å². The summed E-state index contributed by atoms with van der Waals surface area (Å²) >= 11 is 0. The van der Waals surface area contributed by atoms with Gasteiger partial charge in [0.1, 0.15) is 24.0 Å². The van der Waals surface area contributed by atoms with Crippen LogP contribution in [0.2, 0.25) is 0 Å². The molecule has 324 valence electrons. The predicted octanol–water partition coefficient (Wildman–Crippen LogP) is 4.85. The average Bonchev–Trinajstić information content (AvgIpc) is 3.95. The van der Waals surface area contributed by atoms with Gasteiger partial charge in [-0.15, -0.1) is 0 Å². The van der Waals surface area contributed by atoms with Gasteiger partial charge in [-0.3, -0.25) is 29.1 Å². The van der Waals surface area contributed by atoms with Gasteiger partial charge in [-0.1, -0.05) is 17.9 Å². The zero-order valence-electron chi connectivity index (χ0n) is 34.6. The summed E-state index contributed by atoms with van der Waals surface area (Å²) in [5, 5.41) is 19.2. The summed E-state index contributed by atoms with van der Waals surface area (Å²) in [6, 6.07) is 7.07. The molecule has 1 saturated carbocycles. The monoisotopic (exact) mass is 849 g/mol. The number of amides is 3. The van der Waals surface area contributed by atoms with Crippen LogP contribution in [0.15, 0.2) is 42.9 Å². The Morgan fingerprint density at radius 2 is 1.87 bits per heavy atom. The molecule has 18 heteroatoms. The molecule has 5 aliphatic rings. The number of fused-ring (bicyclic) bond motifs is 2. The molecule has 4 saturated heterocycles. The maximum atomic E-state index is 14.3. The topological polar surface area (TPSA) is 166 Å². The van der Waals surface area contributed by atoms with Gasteiger partial charge in [0, 0.05) is 62.5 Å². The number of alkyl halides is 2. The number of ether oxygens (including phenoxy) is 2. The Kier molecular flexibility index (Phi) is 10.7. The lowest BCUT2D eigenvalue weighted by Gasteiger charge is -2.55. The molecule has 8 heterocycles. The second-order valence-electron chi connectivity index (χ2n) is 17.6. The Balaban J connectivity index is 0.690. The molecule has 1 unspecified atom stereocenters. The fraction of sp³-hybridized carbons (Fsp3) is 0.523. The van der Waals surface area contributed by atoms with E-state index in [0.717, 1.165) is 112 Å². The van der Waals surface area contributed by atoms with E-state index in [2.05, 4.69) is 47.6 Å². The zero-order valence-corrected chi connectivity index (χ0v) is 34.6. The maximum absolute atomic E-state index is 14.3. The summed E-state index contributed by atoms with van der Waals surface area (Å²) in [4.78, 5) is 47.1. The number of benzene rings is 1. The van der Waals surface area contributed by atoms with E-state index in [0.29, 0.717) is 24.6 Å². The van der Waals surface area contributed by atoms with Crippen LogP contribution in [0.3, 0.4) is 0 Å². The van der Waals surface area contributed by atoms with E-state index in [4.69, 9.17) is 14.5 Å². The third-order valence-electron chi connectivity index (χ3n) is 13.3.